The van der Waals surface area contributed by atoms with E-state index in [1.54, 1.807) is 0 Å². The van der Waals surface area contributed by atoms with Crippen LogP contribution in [0.1, 0.15) is 29.5 Å². The highest BCUT2D eigenvalue weighted by atomic mass is 16.2. The Morgan fingerprint density at radius 1 is 0.964 bits per heavy atom. The highest BCUT2D eigenvalue weighted by molar-refractivity contribution is 5.92. The Kier molecular flexibility index (Phi) is 6.82. The van der Waals surface area contributed by atoms with Crippen molar-refractivity contribution in [1.29, 1.82) is 0 Å². The van der Waals surface area contributed by atoms with E-state index in [2.05, 4.69) is 41.5 Å². The van der Waals surface area contributed by atoms with Crippen molar-refractivity contribution in [2.45, 2.75) is 39.2 Å². The number of rotatable bonds is 6. The monoisotopic (exact) mass is 379 g/mol. The van der Waals surface area contributed by atoms with Crippen LogP contribution in [0.2, 0.25) is 0 Å². The summed E-state index contributed by atoms with van der Waals surface area (Å²) in [6.45, 7) is 6.17. The molecule has 2 N–H and O–H groups in total. The highest BCUT2D eigenvalue weighted by Gasteiger charge is 2.22. The molecule has 1 heterocycles. The van der Waals surface area contributed by atoms with Gasteiger partial charge in [0.05, 0.1) is 13.0 Å². The van der Waals surface area contributed by atoms with Crippen LogP contribution in [0.15, 0.2) is 48.5 Å². The molecule has 0 spiro atoms. The van der Waals surface area contributed by atoms with E-state index in [9.17, 15) is 9.59 Å². The predicted molar refractivity (Wildman–Crippen MR) is 112 cm³/mol. The van der Waals surface area contributed by atoms with Crippen LogP contribution in [-0.4, -0.2) is 42.4 Å². The van der Waals surface area contributed by atoms with Crippen LogP contribution in [0.3, 0.4) is 0 Å². The van der Waals surface area contributed by atoms with E-state index in [1.165, 1.54) is 11.1 Å². The molecule has 3 rings (SSSR count). The zero-order chi connectivity index (χ0) is 19.9. The number of anilines is 1. The van der Waals surface area contributed by atoms with Gasteiger partial charge in [-0.3, -0.25) is 14.5 Å². The van der Waals surface area contributed by atoms with Crippen molar-refractivity contribution < 1.29 is 9.59 Å². The van der Waals surface area contributed by atoms with Gasteiger partial charge < -0.3 is 10.6 Å². The number of hydrogen-bond donors (Lipinski definition) is 2. The highest BCUT2D eigenvalue weighted by Crippen LogP contribution is 2.13. The summed E-state index contributed by atoms with van der Waals surface area (Å²) in [5.41, 5.74) is 4.33. The molecule has 0 aromatic heterocycles. The summed E-state index contributed by atoms with van der Waals surface area (Å²) in [6, 6.07) is 15.9. The summed E-state index contributed by atoms with van der Waals surface area (Å²) in [4.78, 5) is 26.7. The quantitative estimate of drug-likeness (QED) is 0.811. The molecule has 5 heteroatoms. The second-order valence-corrected chi connectivity index (χ2v) is 7.63. The summed E-state index contributed by atoms with van der Waals surface area (Å²) in [7, 11) is 0. The van der Waals surface area contributed by atoms with Crippen LogP contribution in [0.5, 0.6) is 0 Å². The van der Waals surface area contributed by atoms with Gasteiger partial charge in [0.1, 0.15) is 0 Å². The number of benzene rings is 2. The molecule has 148 valence electrons. The van der Waals surface area contributed by atoms with Crippen molar-refractivity contribution in [2.75, 3.05) is 25.0 Å². The van der Waals surface area contributed by atoms with Crippen LogP contribution >= 0.6 is 0 Å². The Morgan fingerprint density at radius 3 is 2.36 bits per heavy atom. The first kappa shape index (κ1) is 20.1. The first-order valence-corrected chi connectivity index (χ1v) is 9.92. The van der Waals surface area contributed by atoms with Gasteiger partial charge in [-0.1, -0.05) is 36.4 Å². The Hall–Kier alpha value is -2.66. The third-order valence-corrected chi connectivity index (χ3v) is 5.31. The number of piperidine rings is 1. The molecule has 0 bridgehead atoms. The number of carbonyl (C=O) groups is 2. The summed E-state index contributed by atoms with van der Waals surface area (Å²) in [5, 5.41) is 6.07. The number of carbonyl (C=O) groups excluding carboxylic acids is 2. The lowest BCUT2D eigenvalue weighted by atomic mass is 10.0. The third-order valence-electron chi connectivity index (χ3n) is 5.31. The van der Waals surface area contributed by atoms with Crippen LogP contribution in [0.4, 0.5) is 5.69 Å². The molecular formula is C23H29N3O2. The van der Waals surface area contributed by atoms with Crippen molar-refractivity contribution in [2.24, 2.45) is 0 Å². The molecule has 1 aliphatic heterocycles. The maximum Gasteiger partial charge on any atom is 0.238 e. The van der Waals surface area contributed by atoms with E-state index in [4.69, 9.17) is 0 Å². The Balaban J connectivity index is 1.39. The third kappa shape index (κ3) is 5.92. The molecule has 2 aromatic carbocycles. The summed E-state index contributed by atoms with van der Waals surface area (Å²) >= 11 is 0. The molecule has 2 aromatic rings. The molecule has 28 heavy (non-hydrogen) atoms. The van der Waals surface area contributed by atoms with Crippen molar-refractivity contribution in [3.05, 3.63) is 65.2 Å². The second kappa shape index (κ2) is 9.51. The van der Waals surface area contributed by atoms with Gasteiger partial charge in [-0.25, -0.2) is 0 Å². The molecule has 1 saturated heterocycles. The van der Waals surface area contributed by atoms with Gasteiger partial charge in [0.25, 0.3) is 0 Å². The summed E-state index contributed by atoms with van der Waals surface area (Å²) < 4.78 is 0. The lowest BCUT2D eigenvalue weighted by Gasteiger charge is -2.31. The van der Waals surface area contributed by atoms with Crippen molar-refractivity contribution in [3.63, 3.8) is 0 Å². The van der Waals surface area contributed by atoms with E-state index in [0.29, 0.717) is 13.0 Å². The standard InChI is InChI=1S/C23H29N3O2/c1-17-8-9-19(14-18(17)2)15-22(27)24-21-10-12-26(13-11-21)16-23(28)25-20-6-4-3-5-7-20/h3-9,14,21H,10-13,15-16H2,1-2H3,(H,24,27)(H,25,28). The van der Waals surface area contributed by atoms with Crippen molar-refractivity contribution in [1.82, 2.24) is 10.2 Å². The van der Waals surface area contributed by atoms with E-state index >= 15 is 0 Å². The summed E-state index contributed by atoms with van der Waals surface area (Å²) in [5.74, 6) is 0.0759. The van der Waals surface area contributed by atoms with Gasteiger partial charge in [-0.2, -0.15) is 0 Å². The second-order valence-electron chi connectivity index (χ2n) is 7.63. The molecule has 2 amide bonds. The van der Waals surface area contributed by atoms with Crippen molar-refractivity contribution >= 4 is 17.5 Å². The molecule has 0 unspecified atom stereocenters. The normalized spacial score (nSPS) is 15.2. The first-order chi connectivity index (χ1) is 13.5. The Labute approximate surface area is 167 Å². The lowest BCUT2D eigenvalue weighted by molar-refractivity contribution is -0.122. The average molecular weight is 380 g/mol. The number of amides is 2. The maximum absolute atomic E-state index is 12.4. The van der Waals surface area contributed by atoms with Gasteiger partial charge in [0.15, 0.2) is 0 Å². The molecule has 1 fully saturated rings. The smallest absolute Gasteiger partial charge is 0.238 e. The van der Waals surface area contributed by atoms with E-state index in [1.807, 2.05) is 36.4 Å². The fourth-order valence-electron chi connectivity index (χ4n) is 3.54. The van der Waals surface area contributed by atoms with Crippen LogP contribution in [-0.2, 0) is 16.0 Å². The molecule has 0 aliphatic carbocycles. The minimum Gasteiger partial charge on any atom is -0.353 e. The van der Waals surface area contributed by atoms with E-state index < -0.39 is 0 Å². The maximum atomic E-state index is 12.4. The number of aryl methyl sites for hydroxylation is 2. The van der Waals surface area contributed by atoms with Gasteiger partial charge in [0, 0.05) is 24.8 Å². The van der Waals surface area contributed by atoms with Crippen LogP contribution in [0, 0.1) is 13.8 Å². The molecule has 0 saturated carbocycles. The van der Waals surface area contributed by atoms with Gasteiger partial charge in [-0.05, 0) is 55.5 Å². The lowest BCUT2D eigenvalue weighted by Crippen LogP contribution is -2.46. The topological polar surface area (TPSA) is 61.4 Å². The summed E-state index contributed by atoms with van der Waals surface area (Å²) in [6.07, 6.45) is 2.16. The number of hydrogen-bond acceptors (Lipinski definition) is 3. The van der Waals surface area contributed by atoms with Gasteiger partial charge in [0.2, 0.25) is 11.8 Å². The Morgan fingerprint density at radius 2 is 1.68 bits per heavy atom. The Bertz CT molecular complexity index is 812. The number of nitrogens with zero attached hydrogens (tertiary/aromatic N) is 1. The minimum atomic E-state index is 0.00317. The zero-order valence-corrected chi connectivity index (χ0v) is 16.7. The zero-order valence-electron chi connectivity index (χ0n) is 16.7. The SMILES string of the molecule is Cc1ccc(CC(=O)NC2CCN(CC(=O)Nc3ccccc3)CC2)cc1C. The van der Waals surface area contributed by atoms with Gasteiger partial charge >= 0.3 is 0 Å². The molecule has 5 nitrogen and oxygen atoms in total. The fourth-order valence-corrected chi connectivity index (χ4v) is 3.54. The molecule has 0 radical (unpaired) electrons. The number of para-hydroxylation sites is 1. The predicted octanol–water partition coefficient (Wildman–Crippen LogP) is 3.07. The van der Waals surface area contributed by atoms with Gasteiger partial charge in [-0.15, -0.1) is 0 Å². The first-order valence-electron chi connectivity index (χ1n) is 9.92. The van der Waals surface area contributed by atoms with E-state index in [0.717, 1.165) is 37.2 Å². The van der Waals surface area contributed by atoms with E-state index in [-0.39, 0.29) is 17.9 Å². The molecular weight excluding hydrogens is 350 g/mol. The fraction of sp³-hybridized carbons (Fsp3) is 0.391. The molecule has 1 aliphatic rings. The van der Waals surface area contributed by atoms with Crippen LogP contribution in [0.25, 0.3) is 0 Å². The largest absolute Gasteiger partial charge is 0.353 e. The van der Waals surface area contributed by atoms with Crippen molar-refractivity contribution in [3.8, 4) is 0 Å². The number of likely N-dealkylation sites (tertiary alicyclic amines) is 1. The minimum absolute atomic E-state index is 0.00317. The number of nitrogens with one attached hydrogen (secondary N) is 2. The average Bonchev–Trinajstić information content (AvgIpc) is 2.67. The van der Waals surface area contributed by atoms with Crippen LogP contribution < -0.4 is 10.6 Å². The molecule has 0 atom stereocenters.